The van der Waals surface area contributed by atoms with Crippen molar-refractivity contribution in [1.29, 1.82) is 0 Å². The minimum Gasteiger partial charge on any atom is -0.493 e. The van der Waals surface area contributed by atoms with Crippen molar-refractivity contribution in [2.45, 2.75) is 31.8 Å². The van der Waals surface area contributed by atoms with Gasteiger partial charge in [0.2, 0.25) is 11.8 Å². The van der Waals surface area contributed by atoms with Gasteiger partial charge in [-0.05, 0) is 47.9 Å². The van der Waals surface area contributed by atoms with Crippen molar-refractivity contribution >= 4 is 17.7 Å². The number of hydrogen-bond donors (Lipinski definition) is 1. The van der Waals surface area contributed by atoms with Gasteiger partial charge < -0.3 is 9.64 Å². The second-order valence-corrected chi connectivity index (χ2v) is 8.21. The second-order valence-electron chi connectivity index (χ2n) is 8.21. The lowest BCUT2D eigenvalue weighted by atomic mass is 10.0. The van der Waals surface area contributed by atoms with Gasteiger partial charge in [0.05, 0.1) is 18.5 Å². The minimum absolute atomic E-state index is 0.190. The van der Waals surface area contributed by atoms with Gasteiger partial charge in [0.15, 0.2) is 0 Å². The summed E-state index contributed by atoms with van der Waals surface area (Å²) in [4.78, 5) is 38.1. The Morgan fingerprint density at radius 1 is 1.03 bits per heavy atom. The van der Waals surface area contributed by atoms with Crippen molar-refractivity contribution in [3.05, 3.63) is 59.3 Å². The summed E-state index contributed by atoms with van der Waals surface area (Å²) in [7, 11) is 0. The Labute approximate surface area is 183 Å². The average Bonchev–Trinajstić information content (AvgIpc) is 3.52. The molecule has 9 nitrogen and oxygen atoms in total. The first-order valence-corrected chi connectivity index (χ1v) is 10.5. The number of aromatic nitrogens is 3. The predicted octanol–water partition coefficient (Wildman–Crippen LogP) is 1.63. The number of piperidine rings is 1. The van der Waals surface area contributed by atoms with Crippen LogP contribution in [0.25, 0.3) is 16.9 Å². The number of carbonyl (C=O) groups is 3. The molecule has 3 amide bonds. The predicted molar refractivity (Wildman–Crippen MR) is 112 cm³/mol. The maximum Gasteiger partial charge on any atom is 0.255 e. The van der Waals surface area contributed by atoms with Crippen molar-refractivity contribution in [3.8, 4) is 22.7 Å². The van der Waals surface area contributed by atoms with E-state index in [9.17, 15) is 14.4 Å². The molecule has 32 heavy (non-hydrogen) atoms. The van der Waals surface area contributed by atoms with E-state index in [1.165, 1.54) is 0 Å². The van der Waals surface area contributed by atoms with Crippen LogP contribution in [0.3, 0.4) is 0 Å². The third-order valence-electron chi connectivity index (χ3n) is 6.25. The van der Waals surface area contributed by atoms with Gasteiger partial charge in [0, 0.05) is 30.5 Å². The smallest absolute Gasteiger partial charge is 0.255 e. The summed E-state index contributed by atoms with van der Waals surface area (Å²) >= 11 is 0. The zero-order valence-electron chi connectivity index (χ0n) is 17.1. The van der Waals surface area contributed by atoms with Crippen molar-refractivity contribution in [2.75, 3.05) is 6.61 Å². The van der Waals surface area contributed by atoms with Gasteiger partial charge >= 0.3 is 0 Å². The third-order valence-corrected chi connectivity index (χ3v) is 6.25. The lowest BCUT2D eigenvalue weighted by Gasteiger charge is -2.29. The number of fused-ring (bicyclic) bond motifs is 2. The minimum atomic E-state index is -0.624. The van der Waals surface area contributed by atoms with Crippen LogP contribution >= 0.6 is 0 Å². The van der Waals surface area contributed by atoms with E-state index in [0.29, 0.717) is 30.8 Å². The molecule has 0 aliphatic carbocycles. The molecule has 1 saturated heterocycles. The van der Waals surface area contributed by atoms with E-state index in [0.717, 1.165) is 34.5 Å². The molecule has 0 radical (unpaired) electrons. The molecule has 3 aromatic rings. The first kappa shape index (κ1) is 18.7. The molecule has 160 valence electrons. The molecule has 0 spiro atoms. The molecule has 1 atom stereocenters. The van der Waals surface area contributed by atoms with E-state index in [1.807, 2.05) is 30.5 Å². The van der Waals surface area contributed by atoms with Gasteiger partial charge in [-0.2, -0.15) is 0 Å². The summed E-state index contributed by atoms with van der Waals surface area (Å²) in [6, 6.07) is 10.9. The Kier molecular flexibility index (Phi) is 4.11. The highest BCUT2D eigenvalue weighted by atomic mass is 16.5. The number of nitrogens with one attached hydrogen (secondary N) is 1. The van der Waals surface area contributed by atoms with E-state index in [4.69, 9.17) is 4.74 Å². The fourth-order valence-electron chi connectivity index (χ4n) is 4.57. The highest BCUT2D eigenvalue weighted by molar-refractivity contribution is 6.05. The first-order valence-electron chi connectivity index (χ1n) is 10.5. The Morgan fingerprint density at radius 3 is 2.81 bits per heavy atom. The maximum absolute atomic E-state index is 12.9. The molecule has 6 rings (SSSR count). The van der Waals surface area contributed by atoms with Crippen molar-refractivity contribution in [2.24, 2.45) is 0 Å². The highest BCUT2D eigenvalue weighted by Crippen LogP contribution is 2.31. The molecule has 3 aliphatic heterocycles. The van der Waals surface area contributed by atoms with Crippen molar-refractivity contribution in [1.82, 2.24) is 25.2 Å². The first-order chi connectivity index (χ1) is 15.6. The monoisotopic (exact) mass is 429 g/mol. The van der Waals surface area contributed by atoms with E-state index < -0.39 is 11.9 Å². The van der Waals surface area contributed by atoms with Crippen molar-refractivity contribution < 1.29 is 19.1 Å². The average molecular weight is 429 g/mol. The second kappa shape index (κ2) is 7.01. The van der Waals surface area contributed by atoms with Crippen LogP contribution < -0.4 is 10.1 Å². The quantitative estimate of drug-likeness (QED) is 0.635. The maximum atomic E-state index is 12.9. The Balaban J connectivity index is 1.26. The van der Waals surface area contributed by atoms with Crippen LogP contribution in [0.4, 0.5) is 0 Å². The number of ether oxygens (including phenoxy) is 1. The summed E-state index contributed by atoms with van der Waals surface area (Å²) in [5.74, 6) is 0.0185. The highest BCUT2D eigenvalue weighted by Gasteiger charge is 2.39. The third kappa shape index (κ3) is 2.96. The molecule has 9 heteroatoms. The molecule has 0 saturated carbocycles. The molecule has 1 aromatic heterocycles. The molecule has 1 fully saturated rings. The van der Waals surface area contributed by atoms with Crippen LogP contribution in [0, 0.1) is 0 Å². The van der Waals surface area contributed by atoms with Gasteiger partial charge in [-0.25, -0.2) is 4.68 Å². The van der Waals surface area contributed by atoms with Crippen LogP contribution in [-0.4, -0.2) is 50.3 Å². The van der Waals surface area contributed by atoms with Gasteiger partial charge in [0.1, 0.15) is 17.5 Å². The lowest BCUT2D eigenvalue weighted by molar-refractivity contribution is -0.136. The number of hydrogen-bond acceptors (Lipinski definition) is 6. The summed E-state index contributed by atoms with van der Waals surface area (Å²) in [6.07, 6.45) is 3.32. The van der Waals surface area contributed by atoms with E-state index >= 15 is 0 Å². The Bertz CT molecular complexity index is 1300. The zero-order chi connectivity index (χ0) is 21.8. The summed E-state index contributed by atoms with van der Waals surface area (Å²) < 4.78 is 7.29. The number of amides is 3. The van der Waals surface area contributed by atoms with Crippen LogP contribution in [0.15, 0.2) is 42.6 Å². The van der Waals surface area contributed by atoms with E-state index in [2.05, 4.69) is 21.7 Å². The SMILES string of the molecule is O=C1CCC(N2Cc3cc(-c4cn(-c5ccc6c(c5)CCO6)nn4)ccc3C2=O)C(=O)N1. The van der Waals surface area contributed by atoms with Crippen molar-refractivity contribution in [3.63, 3.8) is 0 Å². The number of imide groups is 1. The van der Waals surface area contributed by atoms with E-state index in [1.54, 1.807) is 15.6 Å². The lowest BCUT2D eigenvalue weighted by Crippen LogP contribution is -2.52. The standard InChI is InChI=1S/C23H19N5O4/c29-21-6-4-19(22(30)24-21)27-11-15-9-13(1-3-17(15)23(27)31)18-12-28(26-25-18)16-2-5-20-14(10-16)7-8-32-20/h1-3,5,9-10,12,19H,4,6-8,11H2,(H,24,29,30). The van der Waals surface area contributed by atoms with Crippen LogP contribution in [0.2, 0.25) is 0 Å². The molecule has 3 aliphatic rings. The topological polar surface area (TPSA) is 106 Å². The molecule has 4 heterocycles. The normalized spacial score (nSPS) is 19.6. The van der Waals surface area contributed by atoms with E-state index in [-0.39, 0.29) is 18.2 Å². The van der Waals surface area contributed by atoms with Gasteiger partial charge in [-0.1, -0.05) is 11.3 Å². The molecule has 0 bridgehead atoms. The molecular weight excluding hydrogens is 410 g/mol. The summed E-state index contributed by atoms with van der Waals surface area (Å²) in [5, 5.41) is 10.9. The van der Waals surface area contributed by atoms with Crippen LogP contribution in [-0.2, 0) is 22.6 Å². The summed E-state index contributed by atoms with van der Waals surface area (Å²) in [5.41, 5.74) is 5.01. The molecular formula is C23H19N5O4. The van der Waals surface area contributed by atoms with Gasteiger partial charge in [0.25, 0.3) is 5.91 Å². The number of carbonyl (C=O) groups excluding carboxylic acids is 3. The molecule has 1 unspecified atom stereocenters. The number of nitrogens with zero attached hydrogens (tertiary/aromatic N) is 4. The Morgan fingerprint density at radius 2 is 1.94 bits per heavy atom. The van der Waals surface area contributed by atoms with Gasteiger partial charge in [-0.3, -0.25) is 19.7 Å². The fourth-order valence-corrected chi connectivity index (χ4v) is 4.57. The van der Waals surface area contributed by atoms with Crippen LogP contribution in [0.5, 0.6) is 5.75 Å². The summed E-state index contributed by atoms with van der Waals surface area (Å²) in [6.45, 7) is 1.03. The largest absolute Gasteiger partial charge is 0.493 e. The Hall–Kier alpha value is -4.01. The van der Waals surface area contributed by atoms with Crippen LogP contribution in [0.1, 0.15) is 34.3 Å². The number of benzene rings is 2. The number of rotatable bonds is 3. The van der Waals surface area contributed by atoms with Gasteiger partial charge in [-0.15, -0.1) is 5.10 Å². The molecule has 2 aromatic carbocycles. The zero-order valence-corrected chi connectivity index (χ0v) is 17.1. The fraction of sp³-hybridized carbons (Fsp3) is 0.261. The molecule has 1 N–H and O–H groups in total.